The van der Waals surface area contributed by atoms with E-state index in [2.05, 4.69) is 10.1 Å². The molecule has 0 aliphatic rings. The summed E-state index contributed by atoms with van der Waals surface area (Å²) < 4.78 is 4.55. The Morgan fingerprint density at radius 3 is 2.67 bits per heavy atom. The Morgan fingerprint density at radius 2 is 2.00 bits per heavy atom. The summed E-state index contributed by atoms with van der Waals surface area (Å²) in [6, 6.07) is 7.27. The molecular formula is C14H18N2O5. The maximum absolute atomic E-state index is 11.4. The Morgan fingerprint density at radius 1 is 1.24 bits per heavy atom. The summed E-state index contributed by atoms with van der Waals surface area (Å²) in [5, 5.41) is 12.9. The quantitative estimate of drug-likeness (QED) is 0.678. The molecule has 1 aromatic rings. The van der Waals surface area contributed by atoms with Gasteiger partial charge in [-0.2, -0.15) is 0 Å². The first kappa shape index (κ1) is 16.6. The summed E-state index contributed by atoms with van der Waals surface area (Å²) in [6.07, 6.45) is 0.652. The summed E-state index contributed by atoms with van der Waals surface area (Å²) in [5.41, 5.74) is 2.23. The topological polar surface area (TPSA) is 105 Å². The molecule has 0 fully saturated rings. The predicted molar refractivity (Wildman–Crippen MR) is 74.9 cm³/mol. The van der Waals surface area contributed by atoms with Crippen molar-refractivity contribution < 1.29 is 24.2 Å². The number of carbonyl (C=O) groups excluding carboxylic acids is 2. The van der Waals surface area contributed by atoms with Gasteiger partial charge in [-0.05, 0) is 18.9 Å². The van der Waals surface area contributed by atoms with Gasteiger partial charge in [0, 0.05) is 6.54 Å². The van der Waals surface area contributed by atoms with Crippen LogP contribution in [0.3, 0.4) is 0 Å². The Labute approximate surface area is 122 Å². The average Bonchev–Trinajstić information content (AvgIpc) is 2.38. The number of aryl methyl sites for hydroxylation is 1. The summed E-state index contributed by atoms with van der Waals surface area (Å²) in [5.74, 6) is -1.87. The zero-order chi connectivity index (χ0) is 15.7. The number of carboxylic acid groups (broad SMARTS) is 1. The molecule has 0 saturated carbocycles. The van der Waals surface area contributed by atoms with Crippen molar-refractivity contribution in [3.8, 4) is 0 Å². The summed E-state index contributed by atoms with van der Waals surface area (Å²) in [4.78, 5) is 32.8. The van der Waals surface area contributed by atoms with Crippen LogP contribution < -0.4 is 10.6 Å². The van der Waals surface area contributed by atoms with Gasteiger partial charge in [-0.3, -0.25) is 10.1 Å². The highest BCUT2D eigenvalue weighted by atomic mass is 16.5. The van der Waals surface area contributed by atoms with E-state index in [4.69, 9.17) is 5.11 Å². The molecule has 0 saturated heterocycles. The van der Waals surface area contributed by atoms with Crippen molar-refractivity contribution >= 4 is 17.9 Å². The monoisotopic (exact) mass is 294 g/mol. The molecule has 7 nitrogen and oxygen atoms in total. The minimum Gasteiger partial charge on any atom is -0.480 e. The van der Waals surface area contributed by atoms with E-state index in [0.717, 1.165) is 11.1 Å². The molecule has 0 heterocycles. The number of rotatable bonds is 7. The number of nitrogens with one attached hydrogen (secondary N) is 2. The van der Waals surface area contributed by atoms with Crippen LogP contribution in [0.5, 0.6) is 0 Å². The van der Waals surface area contributed by atoms with E-state index in [0.29, 0.717) is 13.0 Å². The minimum atomic E-state index is -1.18. The van der Waals surface area contributed by atoms with E-state index in [1.54, 1.807) is 0 Å². The maximum Gasteiger partial charge on any atom is 0.329 e. The number of hydrogen-bond acceptors (Lipinski definition) is 4. The van der Waals surface area contributed by atoms with Crippen LogP contribution in [0.1, 0.15) is 11.1 Å². The third-order valence-electron chi connectivity index (χ3n) is 2.49. The standard InChI is InChI=1S/C14H18N2O5/c1-10-3-2-4-11(7-10)5-6-15-14(20)16-12(17)8-21-9-13(18)19/h2-4,7H,5-6,8-9H2,1H3,(H,18,19)(H2,15,16,17,20). The van der Waals surface area contributed by atoms with E-state index in [1.165, 1.54) is 0 Å². The van der Waals surface area contributed by atoms with Gasteiger partial charge < -0.3 is 15.2 Å². The van der Waals surface area contributed by atoms with Gasteiger partial charge in [-0.15, -0.1) is 0 Å². The molecule has 0 aliphatic carbocycles. The molecule has 0 spiro atoms. The average molecular weight is 294 g/mol. The van der Waals surface area contributed by atoms with Crippen molar-refractivity contribution in [2.45, 2.75) is 13.3 Å². The van der Waals surface area contributed by atoms with Crippen LogP contribution in [0.15, 0.2) is 24.3 Å². The highest BCUT2D eigenvalue weighted by Crippen LogP contribution is 2.03. The third kappa shape index (κ3) is 7.68. The lowest BCUT2D eigenvalue weighted by atomic mass is 10.1. The number of ether oxygens (including phenoxy) is 1. The smallest absolute Gasteiger partial charge is 0.329 e. The number of hydrogen-bond donors (Lipinski definition) is 3. The zero-order valence-electron chi connectivity index (χ0n) is 11.7. The van der Waals surface area contributed by atoms with Crippen LogP contribution in [0.4, 0.5) is 4.79 Å². The number of carboxylic acids is 1. The fourth-order valence-corrected chi connectivity index (χ4v) is 1.63. The van der Waals surface area contributed by atoms with Gasteiger partial charge in [0.2, 0.25) is 0 Å². The number of carbonyl (C=O) groups is 3. The van der Waals surface area contributed by atoms with Crippen LogP contribution in [0.2, 0.25) is 0 Å². The fourth-order valence-electron chi connectivity index (χ4n) is 1.63. The lowest BCUT2D eigenvalue weighted by molar-refractivity contribution is -0.143. The van der Waals surface area contributed by atoms with Gasteiger partial charge in [-0.1, -0.05) is 29.8 Å². The van der Waals surface area contributed by atoms with Crippen LogP contribution in [-0.4, -0.2) is 42.8 Å². The number of urea groups is 1. The van der Waals surface area contributed by atoms with Crippen molar-refractivity contribution in [2.75, 3.05) is 19.8 Å². The van der Waals surface area contributed by atoms with E-state index in [-0.39, 0.29) is 0 Å². The van der Waals surface area contributed by atoms with Crippen LogP contribution >= 0.6 is 0 Å². The van der Waals surface area contributed by atoms with Gasteiger partial charge in [-0.25, -0.2) is 9.59 Å². The first-order valence-electron chi connectivity index (χ1n) is 6.40. The van der Waals surface area contributed by atoms with Crippen LogP contribution in [-0.2, 0) is 20.7 Å². The summed E-state index contributed by atoms with van der Waals surface area (Å²) in [7, 11) is 0. The predicted octanol–water partition coefficient (Wildman–Crippen LogP) is 0.465. The molecule has 0 unspecified atom stereocenters. The van der Waals surface area contributed by atoms with Gasteiger partial charge in [0.1, 0.15) is 13.2 Å². The minimum absolute atomic E-state index is 0.387. The van der Waals surface area contributed by atoms with Crippen LogP contribution in [0.25, 0.3) is 0 Å². The van der Waals surface area contributed by atoms with Crippen molar-refractivity contribution in [1.29, 1.82) is 0 Å². The SMILES string of the molecule is Cc1cccc(CCNC(=O)NC(=O)COCC(=O)O)c1. The first-order chi connectivity index (χ1) is 9.97. The lowest BCUT2D eigenvalue weighted by Crippen LogP contribution is -2.42. The van der Waals surface area contributed by atoms with Crippen molar-refractivity contribution in [3.05, 3.63) is 35.4 Å². The molecule has 0 atom stereocenters. The third-order valence-corrected chi connectivity index (χ3v) is 2.49. The normalized spacial score (nSPS) is 9.95. The van der Waals surface area contributed by atoms with Gasteiger partial charge in [0.05, 0.1) is 0 Å². The molecule has 7 heteroatoms. The number of aliphatic carboxylic acids is 1. The molecule has 114 valence electrons. The summed E-state index contributed by atoms with van der Waals surface area (Å²) >= 11 is 0. The van der Waals surface area contributed by atoms with E-state index in [1.807, 2.05) is 36.5 Å². The number of imide groups is 1. The zero-order valence-corrected chi connectivity index (χ0v) is 11.7. The molecule has 3 N–H and O–H groups in total. The number of benzene rings is 1. The second kappa shape index (κ2) is 8.70. The van der Waals surface area contributed by atoms with E-state index >= 15 is 0 Å². The van der Waals surface area contributed by atoms with E-state index in [9.17, 15) is 14.4 Å². The van der Waals surface area contributed by atoms with Crippen molar-refractivity contribution in [2.24, 2.45) is 0 Å². The Hall–Kier alpha value is -2.41. The van der Waals surface area contributed by atoms with Crippen molar-refractivity contribution in [1.82, 2.24) is 10.6 Å². The second-order valence-electron chi connectivity index (χ2n) is 4.43. The molecule has 3 amide bonds. The largest absolute Gasteiger partial charge is 0.480 e. The molecular weight excluding hydrogens is 276 g/mol. The summed E-state index contributed by atoms with van der Waals surface area (Å²) in [6.45, 7) is 1.32. The molecule has 0 radical (unpaired) electrons. The molecule has 1 rings (SSSR count). The van der Waals surface area contributed by atoms with Crippen molar-refractivity contribution in [3.63, 3.8) is 0 Å². The molecule has 21 heavy (non-hydrogen) atoms. The molecule has 0 aliphatic heterocycles. The van der Waals surface area contributed by atoms with Crippen LogP contribution in [0, 0.1) is 6.92 Å². The molecule has 0 bridgehead atoms. The van der Waals surface area contributed by atoms with Gasteiger partial charge in [0.25, 0.3) is 5.91 Å². The highest BCUT2D eigenvalue weighted by molar-refractivity contribution is 5.94. The number of amides is 3. The Balaban J connectivity index is 2.19. The maximum atomic E-state index is 11.4. The second-order valence-corrected chi connectivity index (χ2v) is 4.43. The Bertz CT molecular complexity index is 516. The lowest BCUT2D eigenvalue weighted by Gasteiger charge is -2.07. The molecule has 0 aromatic heterocycles. The first-order valence-corrected chi connectivity index (χ1v) is 6.40. The van der Waals surface area contributed by atoms with Gasteiger partial charge >= 0.3 is 12.0 Å². The Kier molecular flexibility index (Phi) is 6.90. The fraction of sp³-hybridized carbons (Fsp3) is 0.357. The van der Waals surface area contributed by atoms with E-state index < -0.39 is 31.1 Å². The molecule has 1 aromatic carbocycles. The highest BCUT2D eigenvalue weighted by Gasteiger charge is 2.08. The van der Waals surface area contributed by atoms with Gasteiger partial charge in [0.15, 0.2) is 0 Å².